The molecule has 0 spiro atoms. The van der Waals surface area contributed by atoms with Crippen LogP contribution in [0.3, 0.4) is 0 Å². The highest BCUT2D eigenvalue weighted by Gasteiger charge is 2.13. The minimum atomic E-state index is 0.155. The molecule has 106 valence electrons. The summed E-state index contributed by atoms with van der Waals surface area (Å²) in [5, 5.41) is 4.92. The highest BCUT2D eigenvalue weighted by atomic mass is 79.9. The van der Waals surface area contributed by atoms with Gasteiger partial charge in [-0.15, -0.1) is 0 Å². The van der Waals surface area contributed by atoms with Crippen molar-refractivity contribution in [1.29, 1.82) is 0 Å². The molecule has 0 fully saturated rings. The zero-order valence-corrected chi connectivity index (χ0v) is 14.6. The van der Waals surface area contributed by atoms with Gasteiger partial charge in [0, 0.05) is 4.47 Å². The van der Waals surface area contributed by atoms with Gasteiger partial charge in [-0.05, 0) is 36.2 Å². The molecule has 0 bridgehead atoms. The zero-order valence-electron chi connectivity index (χ0n) is 10.8. The molecule has 1 N–H and O–H groups in total. The third kappa shape index (κ3) is 3.82. The number of nitrogens with one attached hydrogen (secondary N) is 1. The summed E-state index contributed by atoms with van der Waals surface area (Å²) in [6, 6.07) is 11.8. The van der Waals surface area contributed by atoms with Crippen molar-refractivity contribution in [3.8, 4) is 0 Å². The minimum absolute atomic E-state index is 0.155. The number of benzene rings is 2. The first-order valence-corrected chi connectivity index (χ1v) is 8.10. The summed E-state index contributed by atoms with van der Waals surface area (Å²) in [6.45, 7) is 2.12. The van der Waals surface area contributed by atoms with Crippen LogP contribution in [0.25, 0.3) is 0 Å². The molecule has 0 radical (unpaired) electrons. The number of rotatable bonds is 4. The molecule has 0 aliphatic rings. The van der Waals surface area contributed by atoms with Crippen LogP contribution in [0.2, 0.25) is 15.1 Å². The number of hydrogen-bond donors (Lipinski definition) is 1. The molecule has 0 aliphatic heterocycles. The van der Waals surface area contributed by atoms with E-state index >= 15 is 0 Å². The summed E-state index contributed by atoms with van der Waals surface area (Å²) < 4.78 is 1.05. The molecule has 0 aromatic heterocycles. The lowest BCUT2D eigenvalue weighted by Gasteiger charge is -2.20. The van der Waals surface area contributed by atoms with Crippen LogP contribution < -0.4 is 5.32 Å². The first-order chi connectivity index (χ1) is 9.51. The van der Waals surface area contributed by atoms with Crippen LogP contribution in [0.15, 0.2) is 40.9 Å². The smallest absolute Gasteiger partial charge is 0.0653 e. The molecule has 1 nitrogen and oxygen atoms in total. The van der Waals surface area contributed by atoms with Crippen LogP contribution in [0, 0.1) is 0 Å². The van der Waals surface area contributed by atoms with Crippen molar-refractivity contribution in [2.75, 3.05) is 5.32 Å². The Bertz CT molecular complexity index is 616. The first kappa shape index (κ1) is 16.0. The maximum atomic E-state index is 6.21. The molecule has 0 amide bonds. The average Bonchev–Trinajstić information content (AvgIpc) is 2.41. The van der Waals surface area contributed by atoms with Gasteiger partial charge in [0.25, 0.3) is 0 Å². The van der Waals surface area contributed by atoms with Crippen molar-refractivity contribution in [2.24, 2.45) is 0 Å². The fourth-order valence-electron chi connectivity index (χ4n) is 1.97. The van der Waals surface area contributed by atoms with Crippen molar-refractivity contribution in [3.63, 3.8) is 0 Å². The van der Waals surface area contributed by atoms with Crippen LogP contribution in [0.5, 0.6) is 0 Å². The third-order valence-corrected chi connectivity index (χ3v) is 4.53. The summed E-state index contributed by atoms with van der Waals surface area (Å²) in [6.07, 6.45) is 0.924. The number of anilines is 1. The topological polar surface area (TPSA) is 12.0 Å². The van der Waals surface area contributed by atoms with Crippen molar-refractivity contribution >= 4 is 56.4 Å². The van der Waals surface area contributed by atoms with Crippen LogP contribution in [0.4, 0.5) is 5.69 Å². The van der Waals surface area contributed by atoms with Gasteiger partial charge in [0.15, 0.2) is 0 Å². The quantitative estimate of drug-likeness (QED) is 0.553. The van der Waals surface area contributed by atoms with Crippen molar-refractivity contribution in [2.45, 2.75) is 19.4 Å². The van der Waals surface area contributed by atoms with Crippen molar-refractivity contribution in [1.82, 2.24) is 0 Å². The highest BCUT2D eigenvalue weighted by molar-refractivity contribution is 9.10. The Hall–Kier alpha value is -0.410. The summed E-state index contributed by atoms with van der Waals surface area (Å²) in [4.78, 5) is 0. The summed E-state index contributed by atoms with van der Waals surface area (Å²) >= 11 is 21.7. The van der Waals surface area contributed by atoms with Gasteiger partial charge in [-0.25, -0.2) is 0 Å². The highest BCUT2D eigenvalue weighted by Crippen LogP contribution is 2.35. The Morgan fingerprint density at radius 2 is 1.75 bits per heavy atom. The Morgan fingerprint density at radius 1 is 1.05 bits per heavy atom. The molecular formula is C15H13BrCl3N. The SMILES string of the molecule is CCC(Nc1cc(Cl)c(Cl)cc1Cl)c1cccc(Br)c1. The van der Waals surface area contributed by atoms with E-state index in [1.54, 1.807) is 12.1 Å². The van der Waals surface area contributed by atoms with Crippen LogP contribution in [-0.2, 0) is 0 Å². The van der Waals surface area contributed by atoms with Crippen LogP contribution in [-0.4, -0.2) is 0 Å². The summed E-state index contributed by atoms with van der Waals surface area (Å²) in [5.74, 6) is 0. The maximum absolute atomic E-state index is 6.21. The Balaban J connectivity index is 2.29. The van der Waals surface area contributed by atoms with Crippen molar-refractivity contribution in [3.05, 3.63) is 61.5 Å². The van der Waals surface area contributed by atoms with Gasteiger partial charge in [0.2, 0.25) is 0 Å². The lowest BCUT2D eigenvalue weighted by atomic mass is 10.0. The largest absolute Gasteiger partial charge is 0.377 e. The van der Waals surface area contributed by atoms with Crippen LogP contribution >= 0.6 is 50.7 Å². The second kappa shape index (κ2) is 7.04. The molecule has 1 unspecified atom stereocenters. The lowest BCUT2D eigenvalue weighted by Crippen LogP contribution is -2.10. The standard InChI is InChI=1S/C15H13BrCl3N/c1-2-14(9-4-3-5-10(16)6-9)20-15-8-12(18)11(17)7-13(15)19/h3-8,14,20H,2H2,1H3. The molecule has 2 rings (SSSR count). The maximum Gasteiger partial charge on any atom is 0.0653 e. The Labute approximate surface area is 142 Å². The summed E-state index contributed by atoms with van der Waals surface area (Å²) in [7, 11) is 0. The van der Waals surface area contributed by atoms with E-state index in [1.165, 1.54) is 5.56 Å². The second-order valence-corrected chi connectivity index (χ2v) is 6.54. The van der Waals surface area contributed by atoms with Gasteiger partial charge in [0.1, 0.15) is 0 Å². The van der Waals surface area contributed by atoms with Gasteiger partial charge < -0.3 is 5.32 Å². The second-order valence-electron chi connectivity index (χ2n) is 4.41. The molecular weight excluding hydrogens is 380 g/mol. The summed E-state index contributed by atoms with van der Waals surface area (Å²) in [5.41, 5.74) is 1.97. The Morgan fingerprint density at radius 3 is 2.40 bits per heavy atom. The van der Waals surface area contributed by atoms with E-state index in [1.807, 2.05) is 12.1 Å². The van der Waals surface area contributed by atoms with E-state index < -0.39 is 0 Å². The Kier molecular flexibility index (Phi) is 5.62. The fourth-order valence-corrected chi connectivity index (χ4v) is 2.98. The molecule has 2 aromatic rings. The van der Waals surface area contributed by atoms with E-state index in [2.05, 4.69) is 40.3 Å². The molecule has 2 aromatic carbocycles. The van der Waals surface area contributed by atoms with Gasteiger partial charge >= 0.3 is 0 Å². The van der Waals surface area contributed by atoms with Gasteiger partial charge in [-0.3, -0.25) is 0 Å². The molecule has 0 aliphatic carbocycles. The third-order valence-electron chi connectivity index (χ3n) is 3.00. The van der Waals surface area contributed by atoms with Gasteiger partial charge in [-0.2, -0.15) is 0 Å². The van der Waals surface area contributed by atoms with E-state index in [0.29, 0.717) is 15.1 Å². The lowest BCUT2D eigenvalue weighted by molar-refractivity contribution is 0.749. The number of halogens is 4. The van der Waals surface area contributed by atoms with E-state index in [0.717, 1.165) is 16.6 Å². The van der Waals surface area contributed by atoms with Crippen LogP contribution in [0.1, 0.15) is 24.9 Å². The molecule has 5 heteroatoms. The molecule has 0 saturated heterocycles. The van der Waals surface area contributed by atoms with E-state index in [-0.39, 0.29) is 6.04 Å². The van der Waals surface area contributed by atoms with E-state index in [4.69, 9.17) is 34.8 Å². The van der Waals surface area contributed by atoms with Crippen molar-refractivity contribution < 1.29 is 0 Å². The molecule has 0 heterocycles. The molecule has 0 saturated carbocycles. The van der Waals surface area contributed by atoms with E-state index in [9.17, 15) is 0 Å². The first-order valence-electron chi connectivity index (χ1n) is 6.17. The predicted molar refractivity (Wildman–Crippen MR) is 92.3 cm³/mol. The minimum Gasteiger partial charge on any atom is -0.377 e. The fraction of sp³-hybridized carbons (Fsp3) is 0.200. The average molecular weight is 394 g/mol. The normalized spacial score (nSPS) is 12.2. The molecule has 20 heavy (non-hydrogen) atoms. The zero-order chi connectivity index (χ0) is 14.7. The van der Waals surface area contributed by atoms with Gasteiger partial charge in [-0.1, -0.05) is 69.8 Å². The van der Waals surface area contributed by atoms with Gasteiger partial charge in [0.05, 0.1) is 26.8 Å². The monoisotopic (exact) mass is 391 g/mol. The number of hydrogen-bond acceptors (Lipinski definition) is 1. The predicted octanol–water partition coefficient (Wildman–Crippen LogP) is 6.97. The molecule has 1 atom stereocenters.